The molecule has 0 fully saturated rings. The highest BCUT2D eigenvalue weighted by molar-refractivity contribution is 6.32. The number of nitrogens with two attached hydrogens (primary N) is 1. The van der Waals surface area contributed by atoms with E-state index in [-0.39, 0.29) is 0 Å². The molecule has 0 spiro atoms. The average Bonchev–Trinajstić information content (AvgIpc) is 2.08. The third kappa shape index (κ3) is 2.10. The Kier molecular flexibility index (Phi) is 3.32. The Morgan fingerprint density at radius 3 is 2.92 bits per heavy atom. The molecular formula is C10H12ClN. The van der Waals surface area contributed by atoms with Crippen LogP contribution in [0, 0.1) is 6.92 Å². The van der Waals surface area contributed by atoms with Crippen molar-refractivity contribution < 1.29 is 0 Å². The second-order valence-electron chi connectivity index (χ2n) is 2.62. The van der Waals surface area contributed by atoms with Crippen molar-refractivity contribution in [1.82, 2.24) is 0 Å². The lowest BCUT2D eigenvalue weighted by Gasteiger charge is -2.00. The maximum absolute atomic E-state index is 6.04. The molecule has 2 heteroatoms. The molecule has 0 aliphatic heterocycles. The second-order valence-corrected chi connectivity index (χ2v) is 2.99. The largest absolute Gasteiger partial charge is 0.327 e. The van der Waals surface area contributed by atoms with E-state index < -0.39 is 0 Å². The van der Waals surface area contributed by atoms with Gasteiger partial charge in [0.25, 0.3) is 0 Å². The number of halogens is 1. The molecule has 0 heterocycles. The molecule has 0 aliphatic rings. The van der Waals surface area contributed by atoms with Crippen LogP contribution in [-0.4, -0.2) is 6.54 Å². The predicted octanol–water partition coefficient (Wildman–Crippen LogP) is 2.62. The van der Waals surface area contributed by atoms with Crippen LogP contribution in [0.15, 0.2) is 24.3 Å². The van der Waals surface area contributed by atoms with E-state index in [0.29, 0.717) is 6.54 Å². The summed E-state index contributed by atoms with van der Waals surface area (Å²) in [5, 5.41) is 0.808. The molecule has 12 heavy (non-hydrogen) atoms. The lowest BCUT2D eigenvalue weighted by atomic mass is 10.1. The lowest BCUT2D eigenvalue weighted by molar-refractivity contribution is 1.26. The molecule has 0 aromatic heterocycles. The van der Waals surface area contributed by atoms with Crippen molar-refractivity contribution >= 4 is 17.7 Å². The standard InChI is InChI=1S/C10H12ClN/c1-8-4-2-5-9(10(8)11)6-3-7-12/h2-6H,7,12H2,1H3/b6-3+. The van der Waals surface area contributed by atoms with Crippen molar-refractivity contribution in [3.8, 4) is 0 Å². The van der Waals surface area contributed by atoms with Crippen LogP contribution in [-0.2, 0) is 0 Å². The Balaban J connectivity index is 3.00. The summed E-state index contributed by atoms with van der Waals surface area (Å²) in [6.45, 7) is 2.53. The molecule has 1 aromatic rings. The molecule has 2 N–H and O–H groups in total. The van der Waals surface area contributed by atoms with Gasteiger partial charge < -0.3 is 5.73 Å². The highest BCUT2D eigenvalue weighted by atomic mass is 35.5. The molecule has 0 amide bonds. The van der Waals surface area contributed by atoms with E-state index in [2.05, 4.69) is 0 Å². The highest BCUT2D eigenvalue weighted by Gasteiger charge is 1.97. The number of aryl methyl sites for hydroxylation is 1. The van der Waals surface area contributed by atoms with Gasteiger partial charge in [0.1, 0.15) is 0 Å². The monoisotopic (exact) mass is 181 g/mol. The number of rotatable bonds is 2. The fourth-order valence-electron chi connectivity index (χ4n) is 0.994. The molecule has 1 nitrogen and oxygen atoms in total. The minimum Gasteiger partial charge on any atom is -0.327 e. The first-order chi connectivity index (χ1) is 5.75. The van der Waals surface area contributed by atoms with Crippen LogP contribution < -0.4 is 5.73 Å². The van der Waals surface area contributed by atoms with Crippen molar-refractivity contribution in [2.24, 2.45) is 5.73 Å². The quantitative estimate of drug-likeness (QED) is 0.746. The van der Waals surface area contributed by atoms with Gasteiger partial charge in [0.2, 0.25) is 0 Å². The van der Waals surface area contributed by atoms with Crippen LogP contribution in [0.2, 0.25) is 5.02 Å². The molecule has 1 aromatic carbocycles. The van der Waals surface area contributed by atoms with Gasteiger partial charge in [0.15, 0.2) is 0 Å². The summed E-state index contributed by atoms with van der Waals surface area (Å²) in [5.41, 5.74) is 7.46. The van der Waals surface area contributed by atoms with E-state index >= 15 is 0 Å². The van der Waals surface area contributed by atoms with Gasteiger partial charge in [0, 0.05) is 6.54 Å². The maximum Gasteiger partial charge on any atom is 0.0507 e. The zero-order valence-corrected chi connectivity index (χ0v) is 7.81. The normalized spacial score (nSPS) is 10.9. The maximum atomic E-state index is 6.04. The van der Waals surface area contributed by atoms with Gasteiger partial charge in [-0.2, -0.15) is 0 Å². The molecule has 1 rings (SSSR count). The van der Waals surface area contributed by atoms with E-state index in [1.54, 1.807) is 0 Å². The summed E-state index contributed by atoms with van der Waals surface area (Å²) in [5.74, 6) is 0. The molecule has 0 unspecified atom stereocenters. The molecular weight excluding hydrogens is 170 g/mol. The van der Waals surface area contributed by atoms with E-state index in [1.165, 1.54) is 0 Å². The molecule has 0 radical (unpaired) electrons. The van der Waals surface area contributed by atoms with Gasteiger partial charge in [-0.15, -0.1) is 0 Å². The van der Waals surface area contributed by atoms with Crippen molar-refractivity contribution in [3.05, 3.63) is 40.4 Å². The third-order valence-corrected chi connectivity index (χ3v) is 2.17. The Labute approximate surface area is 77.8 Å². The van der Waals surface area contributed by atoms with Crippen LogP contribution >= 0.6 is 11.6 Å². The van der Waals surface area contributed by atoms with Gasteiger partial charge >= 0.3 is 0 Å². The number of hydrogen-bond donors (Lipinski definition) is 1. The zero-order valence-electron chi connectivity index (χ0n) is 7.05. The molecule has 0 bridgehead atoms. The van der Waals surface area contributed by atoms with E-state index in [4.69, 9.17) is 17.3 Å². The summed E-state index contributed by atoms with van der Waals surface area (Å²) in [7, 11) is 0. The van der Waals surface area contributed by atoms with Gasteiger partial charge in [-0.3, -0.25) is 0 Å². The Hall–Kier alpha value is -0.790. The Morgan fingerprint density at radius 1 is 1.50 bits per heavy atom. The van der Waals surface area contributed by atoms with Crippen LogP contribution in [0.4, 0.5) is 0 Å². The van der Waals surface area contributed by atoms with Gasteiger partial charge in [0.05, 0.1) is 5.02 Å². The van der Waals surface area contributed by atoms with Crippen molar-refractivity contribution in [3.63, 3.8) is 0 Å². The van der Waals surface area contributed by atoms with E-state index in [1.807, 2.05) is 37.3 Å². The second kappa shape index (κ2) is 4.29. The fourth-order valence-corrected chi connectivity index (χ4v) is 1.18. The summed E-state index contributed by atoms with van der Waals surface area (Å²) in [6, 6.07) is 5.95. The van der Waals surface area contributed by atoms with Crippen LogP contribution in [0.5, 0.6) is 0 Å². The summed E-state index contributed by atoms with van der Waals surface area (Å²) < 4.78 is 0. The minimum absolute atomic E-state index is 0.546. The van der Waals surface area contributed by atoms with Gasteiger partial charge in [-0.1, -0.05) is 42.0 Å². The first-order valence-corrected chi connectivity index (χ1v) is 4.25. The first kappa shape index (κ1) is 9.30. The molecule has 64 valence electrons. The van der Waals surface area contributed by atoms with Crippen LogP contribution in [0.3, 0.4) is 0 Å². The van der Waals surface area contributed by atoms with Crippen molar-refractivity contribution in [1.29, 1.82) is 0 Å². The first-order valence-electron chi connectivity index (χ1n) is 3.87. The fraction of sp³-hybridized carbons (Fsp3) is 0.200. The smallest absolute Gasteiger partial charge is 0.0507 e. The molecule has 0 saturated carbocycles. The molecule has 0 saturated heterocycles. The van der Waals surface area contributed by atoms with Crippen LogP contribution in [0.25, 0.3) is 6.08 Å². The Bertz CT molecular complexity index is 292. The highest BCUT2D eigenvalue weighted by Crippen LogP contribution is 2.20. The summed E-state index contributed by atoms with van der Waals surface area (Å²) in [4.78, 5) is 0. The van der Waals surface area contributed by atoms with E-state index in [9.17, 15) is 0 Å². The zero-order chi connectivity index (χ0) is 8.97. The third-order valence-electron chi connectivity index (χ3n) is 1.66. The summed E-state index contributed by atoms with van der Waals surface area (Å²) >= 11 is 6.04. The van der Waals surface area contributed by atoms with Crippen LogP contribution in [0.1, 0.15) is 11.1 Å². The SMILES string of the molecule is Cc1cccc(/C=C/CN)c1Cl. The number of hydrogen-bond acceptors (Lipinski definition) is 1. The minimum atomic E-state index is 0.546. The van der Waals surface area contributed by atoms with Gasteiger partial charge in [-0.05, 0) is 18.1 Å². The predicted molar refractivity (Wildman–Crippen MR) is 54.3 cm³/mol. The Morgan fingerprint density at radius 2 is 2.25 bits per heavy atom. The average molecular weight is 182 g/mol. The molecule has 0 aliphatic carbocycles. The topological polar surface area (TPSA) is 26.0 Å². The molecule has 0 atom stereocenters. The lowest BCUT2D eigenvalue weighted by Crippen LogP contribution is -1.92. The number of benzene rings is 1. The van der Waals surface area contributed by atoms with Crippen molar-refractivity contribution in [2.45, 2.75) is 6.92 Å². The van der Waals surface area contributed by atoms with Crippen molar-refractivity contribution in [2.75, 3.05) is 6.54 Å². The van der Waals surface area contributed by atoms with E-state index in [0.717, 1.165) is 16.1 Å². The van der Waals surface area contributed by atoms with Gasteiger partial charge in [-0.25, -0.2) is 0 Å². The summed E-state index contributed by atoms with van der Waals surface area (Å²) in [6.07, 6.45) is 3.83.